The molecule has 4 aliphatic heterocycles. The van der Waals surface area contributed by atoms with E-state index in [1.165, 1.54) is 47.2 Å². The molecule has 1 aromatic carbocycles. The van der Waals surface area contributed by atoms with Crippen LogP contribution >= 0.6 is 23.4 Å². The molecule has 3 saturated heterocycles. The molecular formula is C53H71ClN6O17S. The maximum atomic E-state index is 14.4. The molecular weight excluding hydrogens is 1060 g/mol. The molecule has 23 nitrogen and oxygen atoms in total. The maximum Gasteiger partial charge on any atom is 0.410 e. The van der Waals surface area contributed by atoms with Gasteiger partial charge in [-0.2, -0.15) is 0 Å². The molecule has 1 aliphatic carbocycles. The number of hydroxylamine groups is 2. The first kappa shape index (κ1) is 61.0. The highest BCUT2D eigenvalue weighted by Crippen LogP contribution is 2.49. The van der Waals surface area contributed by atoms with E-state index in [4.69, 9.17) is 44.9 Å². The van der Waals surface area contributed by atoms with Gasteiger partial charge in [-0.1, -0.05) is 66.6 Å². The van der Waals surface area contributed by atoms with Gasteiger partial charge in [-0.15, -0.1) is 5.06 Å². The number of hydrogen-bond acceptors (Lipinski definition) is 18. The first-order chi connectivity index (χ1) is 36.9. The van der Waals surface area contributed by atoms with Crippen LogP contribution < -0.4 is 20.3 Å². The summed E-state index contributed by atoms with van der Waals surface area (Å²) in [4.78, 5) is 128. The van der Waals surface area contributed by atoms with Crippen LogP contribution in [-0.2, 0) is 63.7 Å². The summed E-state index contributed by atoms with van der Waals surface area (Å²) < 4.78 is 35.0. The van der Waals surface area contributed by atoms with Crippen molar-refractivity contribution in [1.82, 2.24) is 25.5 Å². The number of esters is 1. The third-order valence-corrected chi connectivity index (χ3v) is 15.7. The average molecular weight is 1130 g/mol. The van der Waals surface area contributed by atoms with Crippen molar-refractivity contribution in [1.29, 1.82) is 0 Å². The number of benzene rings is 1. The van der Waals surface area contributed by atoms with Crippen LogP contribution in [0, 0.1) is 5.92 Å². The van der Waals surface area contributed by atoms with Crippen LogP contribution in [0.15, 0.2) is 48.1 Å². The molecule has 5 aliphatic rings. The van der Waals surface area contributed by atoms with Crippen molar-refractivity contribution in [3.63, 3.8) is 0 Å². The second kappa shape index (κ2) is 26.6. The van der Waals surface area contributed by atoms with E-state index >= 15 is 0 Å². The van der Waals surface area contributed by atoms with Crippen molar-refractivity contribution in [2.45, 2.75) is 152 Å². The van der Waals surface area contributed by atoms with Gasteiger partial charge < -0.3 is 58.4 Å². The van der Waals surface area contributed by atoms with Gasteiger partial charge >= 0.3 is 24.1 Å². The molecule has 0 saturated carbocycles. The largest absolute Gasteiger partial charge is 0.495 e. The number of aliphatic hydroxyl groups is 1. The topological polar surface area (TPSA) is 279 Å². The molecule has 4 heterocycles. The molecule has 0 aromatic heterocycles. The number of imide groups is 1. The Morgan fingerprint density at radius 2 is 1.73 bits per heavy atom. The molecule has 6 rings (SSSR count). The zero-order valence-corrected chi connectivity index (χ0v) is 47.0. The second-order valence-corrected chi connectivity index (χ2v) is 21.8. The van der Waals surface area contributed by atoms with Crippen LogP contribution in [0.1, 0.15) is 97.5 Å². The molecule has 0 radical (unpaired) electrons. The van der Waals surface area contributed by atoms with Gasteiger partial charge in [-0.25, -0.2) is 19.2 Å². The SMILES string of the molecule is COc1cc2cc(c1Cl)N(C)C(=O)C[C@H](OC(=O)[C@H](C)N(C)C(=O)CCSC(=O)NC(CN(C)C(=O)OC1/C=C/CCCCC1)C(=O)ON1C(=O)CCC1=O)[C@]1(C)O[C@H]1[C@H](C)[C@@H]1C[C@@](O)(NC(=O)O1)[C@H](OC)/C=C/C=C(\C)C2. The number of nitrogens with zero attached hydrogens (tertiary/aromatic N) is 4. The standard InChI is InChI=1S/C53H71ClN6O17S/c1-30-16-15-19-39(72-9)53(70)28-38(74-49(67)56-53)31(2)46-52(4,76-46)40(27-44(64)59(7)36-25-33(24-30)26-37(71-8)45(36)54)75-47(65)32(3)58(6)41(61)22-23-78-50(68)55-35(48(66)77-60-42(62)20-21-43(60)63)29-57(5)51(69)73-34-17-13-11-10-12-14-18-34/h13,15-17,19,25-26,31-32,34-35,38-40,46,70H,10-12,14,18,20-24,27-29H2,1-9H3,(H,55,68)(H,56,67)/b17-13+,19-15+,30-16+/t31-,32+,34?,35?,38+,39-,40+,46+,52+,53+/m1/s1. The smallest absolute Gasteiger partial charge is 0.410 e. The molecule has 428 valence electrons. The van der Waals surface area contributed by atoms with Gasteiger partial charge in [0.05, 0.1) is 31.9 Å². The van der Waals surface area contributed by atoms with Gasteiger partial charge in [0, 0.05) is 65.6 Å². The number of alkyl carbamates (subject to hydrolysis) is 1. The number of amides is 7. The zero-order valence-electron chi connectivity index (χ0n) is 45.4. The van der Waals surface area contributed by atoms with Crippen LogP contribution in [0.2, 0.25) is 5.02 Å². The van der Waals surface area contributed by atoms with E-state index in [0.717, 1.165) is 46.6 Å². The Morgan fingerprint density at radius 1 is 1.01 bits per heavy atom. The van der Waals surface area contributed by atoms with Gasteiger partial charge in [0.1, 0.15) is 52.9 Å². The fraction of sp³-hybridized carbons (Fsp3) is 0.604. The van der Waals surface area contributed by atoms with Gasteiger partial charge in [0.25, 0.3) is 17.1 Å². The van der Waals surface area contributed by atoms with E-state index < -0.39 is 126 Å². The number of likely N-dealkylation sites (N-methyl/N-ethyl adjacent to an activating group) is 2. The van der Waals surface area contributed by atoms with E-state index in [1.54, 1.807) is 44.2 Å². The summed E-state index contributed by atoms with van der Waals surface area (Å²) in [7, 11) is 7.05. The van der Waals surface area contributed by atoms with Gasteiger partial charge in [0.2, 0.25) is 11.8 Å². The number of allylic oxidation sites excluding steroid dienone is 4. The van der Waals surface area contributed by atoms with Crippen molar-refractivity contribution in [2.75, 3.05) is 52.6 Å². The normalized spacial score (nSPS) is 28.8. The number of anilines is 1. The van der Waals surface area contributed by atoms with Gasteiger partial charge in [-0.05, 0) is 76.6 Å². The highest BCUT2D eigenvalue weighted by atomic mass is 35.5. The number of nitrogens with one attached hydrogen (secondary N) is 2. The molecule has 78 heavy (non-hydrogen) atoms. The summed E-state index contributed by atoms with van der Waals surface area (Å²) in [5, 5.41) is 16.5. The van der Waals surface area contributed by atoms with Crippen molar-refractivity contribution in [3.8, 4) is 5.75 Å². The van der Waals surface area contributed by atoms with Crippen molar-refractivity contribution < 1.29 is 81.5 Å². The average Bonchev–Trinajstić information content (AvgIpc) is 4.14. The summed E-state index contributed by atoms with van der Waals surface area (Å²) in [6.07, 6.45) is 6.04. The summed E-state index contributed by atoms with van der Waals surface area (Å²) in [6, 6.07) is 0.644. The minimum absolute atomic E-state index is 0.135. The van der Waals surface area contributed by atoms with E-state index in [0.29, 0.717) is 41.1 Å². The van der Waals surface area contributed by atoms with Gasteiger partial charge in [-0.3, -0.25) is 29.3 Å². The Balaban J connectivity index is 1.15. The third kappa shape index (κ3) is 15.1. The Labute approximate surface area is 462 Å². The molecule has 10 atom stereocenters. The summed E-state index contributed by atoms with van der Waals surface area (Å²) >= 11 is 7.42. The Hall–Kier alpha value is -6.21. The van der Waals surface area contributed by atoms with Crippen molar-refractivity contribution in [2.24, 2.45) is 5.92 Å². The molecule has 3 N–H and O–H groups in total. The van der Waals surface area contributed by atoms with Crippen LogP contribution in [0.3, 0.4) is 0 Å². The lowest BCUT2D eigenvalue weighted by molar-refractivity contribution is -0.199. The minimum atomic E-state index is -1.91. The number of carbonyl (C=O) groups is 9. The third-order valence-electron chi connectivity index (χ3n) is 14.6. The summed E-state index contributed by atoms with van der Waals surface area (Å²) in [6.45, 7) is 6.20. The van der Waals surface area contributed by atoms with E-state index in [-0.39, 0.29) is 36.5 Å². The fourth-order valence-corrected chi connectivity index (χ4v) is 10.6. The van der Waals surface area contributed by atoms with Crippen molar-refractivity contribution in [3.05, 3.63) is 58.7 Å². The number of thioether (sulfide) groups is 1. The molecule has 25 heteroatoms. The van der Waals surface area contributed by atoms with E-state index in [2.05, 4.69) is 10.6 Å². The molecule has 4 bridgehead atoms. The molecule has 0 spiro atoms. The Morgan fingerprint density at radius 3 is 2.42 bits per heavy atom. The molecule has 1 aromatic rings. The van der Waals surface area contributed by atoms with Crippen LogP contribution in [-0.4, -0.2) is 175 Å². The molecule has 2 unspecified atom stereocenters. The van der Waals surface area contributed by atoms with Crippen molar-refractivity contribution >= 4 is 82.0 Å². The number of rotatable bonds is 14. The highest BCUT2D eigenvalue weighted by molar-refractivity contribution is 8.13. The lowest BCUT2D eigenvalue weighted by Gasteiger charge is -2.42. The second-order valence-electron chi connectivity index (χ2n) is 20.3. The number of fused-ring (bicyclic) bond motifs is 5. The summed E-state index contributed by atoms with van der Waals surface area (Å²) in [5.41, 5.74) is -1.37. The molecule has 3 fully saturated rings. The minimum Gasteiger partial charge on any atom is -0.495 e. The van der Waals surface area contributed by atoms with E-state index in [9.17, 15) is 48.3 Å². The number of ether oxygens (including phenoxy) is 6. The first-order valence-corrected chi connectivity index (χ1v) is 27.2. The summed E-state index contributed by atoms with van der Waals surface area (Å²) in [5.74, 6) is -5.26. The fourth-order valence-electron chi connectivity index (χ4n) is 9.59. The highest BCUT2D eigenvalue weighted by Gasteiger charge is 2.64. The number of methoxy groups -OCH3 is 2. The van der Waals surface area contributed by atoms with Crippen LogP contribution in [0.4, 0.5) is 20.1 Å². The Bertz CT molecular complexity index is 2550. The number of hydrogen-bond donors (Lipinski definition) is 3. The predicted octanol–water partition coefficient (Wildman–Crippen LogP) is 5.28. The quantitative estimate of drug-likeness (QED) is 0.0702. The monoisotopic (exact) mass is 1130 g/mol. The first-order valence-electron chi connectivity index (χ1n) is 25.8. The lowest BCUT2D eigenvalue weighted by Crippen LogP contribution is -2.63. The van der Waals surface area contributed by atoms with Crippen LogP contribution in [0.25, 0.3) is 0 Å². The van der Waals surface area contributed by atoms with Crippen LogP contribution in [0.5, 0.6) is 5.75 Å². The van der Waals surface area contributed by atoms with E-state index in [1.807, 2.05) is 19.1 Å². The predicted molar refractivity (Wildman–Crippen MR) is 283 cm³/mol. The van der Waals surface area contributed by atoms with Gasteiger partial charge in [0.15, 0.2) is 5.72 Å². The number of carbonyl (C=O) groups excluding carboxylic acids is 9. The lowest BCUT2D eigenvalue weighted by atomic mass is 9.83. The number of halogens is 1. The Kier molecular flexibility index (Phi) is 20.8. The molecule has 7 amide bonds. The zero-order chi connectivity index (χ0) is 57.2. The maximum absolute atomic E-state index is 14.4. The number of epoxide rings is 1.